The van der Waals surface area contributed by atoms with Crippen molar-refractivity contribution in [2.24, 2.45) is 4.99 Å². The molecule has 1 aromatic carbocycles. The average molecular weight is 534 g/mol. The normalized spacial score (nSPS) is 15.9. The fourth-order valence-electron chi connectivity index (χ4n) is 3.82. The molecule has 0 fully saturated rings. The van der Waals surface area contributed by atoms with E-state index in [1.165, 1.54) is 5.56 Å². The van der Waals surface area contributed by atoms with Crippen LogP contribution in [0.2, 0.25) is 0 Å². The number of pyridine rings is 1. The number of nitrogens with zero attached hydrogens (tertiary/aromatic N) is 6. The van der Waals surface area contributed by atoms with Crippen LogP contribution >= 0.6 is 24.0 Å². The van der Waals surface area contributed by atoms with Gasteiger partial charge in [-0.1, -0.05) is 18.2 Å². The number of hydrogen-bond acceptors (Lipinski definition) is 5. The number of guanidine groups is 1. The van der Waals surface area contributed by atoms with Crippen molar-refractivity contribution in [1.82, 2.24) is 30.4 Å². The third-order valence-corrected chi connectivity index (χ3v) is 5.30. The van der Waals surface area contributed by atoms with E-state index in [4.69, 9.17) is 9.98 Å². The molecule has 1 unspecified atom stereocenters. The minimum absolute atomic E-state index is 0. The summed E-state index contributed by atoms with van der Waals surface area (Å²) in [4.78, 5) is 16.2. The second-order valence-electron chi connectivity index (χ2n) is 7.88. The lowest BCUT2D eigenvalue weighted by Gasteiger charge is -2.25. The predicted octanol–water partition coefficient (Wildman–Crippen LogP) is 2.89. The van der Waals surface area contributed by atoms with Gasteiger partial charge in [0, 0.05) is 38.5 Å². The quantitative estimate of drug-likeness (QED) is 0.298. The van der Waals surface area contributed by atoms with Crippen molar-refractivity contribution in [3.8, 4) is 0 Å². The summed E-state index contributed by atoms with van der Waals surface area (Å²) in [6.07, 6.45) is 1.95. The average Bonchev–Trinajstić information content (AvgIpc) is 3.11. The first-order chi connectivity index (χ1) is 14.5. The van der Waals surface area contributed by atoms with E-state index in [0.29, 0.717) is 6.54 Å². The van der Waals surface area contributed by atoms with Gasteiger partial charge in [-0.05, 0) is 38.0 Å². The van der Waals surface area contributed by atoms with Crippen LogP contribution in [0, 0.1) is 6.92 Å². The van der Waals surface area contributed by atoms with E-state index in [1.807, 2.05) is 36.7 Å². The smallest absolute Gasteiger partial charge is 0.191 e. The second-order valence-corrected chi connectivity index (χ2v) is 7.88. The Balaban J connectivity index is 0.00000272. The number of anilines is 1. The number of aromatic nitrogens is 4. The van der Waals surface area contributed by atoms with Gasteiger partial charge in [-0.25, -0.2) is 19.6 Å². The highest BCUT2D eigenvalue weighted by atomic mass is 127. The van der Waals surface area contributed by atoms with Crippen LogP contribution in [0.1, 0.15) is 30.6 Å². The van der Waals surface area contributed by atoms with Crippen molar-refractivity contribution >= 4 is 46.7 Å². The van der Waals surface area contributed by atoms with E-state index in [1.54, 1.807) is 0 Å². The highest BCUT2D eigenvalue weighted by Gasteiger charge is 2.21. The van der Waals surface area contributed by atoms with Gasteiger partial charge in [0.25, 0.3) is 0 Å². The molecule has 166 valence electrons. The first-order valence-electron chi connectivity index (χ1n) is 10.5. The van der Waals surface area contributed by atoms with Gasteiger partial charge >= 0.3 is 0 Å². The summed E-state index contributed by atoms with van der Waals surface area (Å²) < 4.78 is 2.01. The molecule has 0 saturated carbocycles. The van der Waals surface area contributed by atoms with Gasteiger partial charge < -0.3 is 15.5 Å². The molecule has 31 heavy (non-hydrogen) atoms. The Morgan fingerprint density at radius 2 is 2.06 bits per heavy atom. The lowest BCUT2D eigenvalue weighted by molar-refractivity contribution is 0.392. The number of aliphatic imine (C=N–C) groups is 1. The maximum atomic E-state index is 4.89. The van der Waals surface area contributed by atoms with Crippen LogP contribution in [0.5, 0.6) is 0 Å². The van der Waals surface area contributed by atoms with Gasteiger partial charge in [-0.15, -0.1) is 24.0 Å². The molecular formula is C22H31IN8. The summed E-state index contributed by atoms with van der Waals surface area (Å²) in [6, 6.07) is 10.6. The Kier molecular flexibility index (Phi) is 7.69. The first-order valence-corrected chi connectivity index (χ1v) is 10.5. The molecule has 8 nitrogen and oxygen atoms in total. The third kappa shape index (κ3) is 5.44. The highest BCUT2D eigenvalue weighted by Crippen LogP contribution is 2.23. The minimum atomic E-state index is 0. The standard InChI is InChI=1S/C22H30N8.HI/c1-5-23-22(26-17-10-11-20-25-15(2)28-30(20)14-17)24-13-16-12-21(29(3)4)27-19-9-7-6-8-18(16)19;/h6-9,12,17H,5,10-11,13-14H2,1-4H3,(H2,23,24,26);1H. The van der Waals surface area contributed by atoms with Gasteiger partial charge in [-0.3, -0.25) is 0 Å². The molecule has 0 aliphatic carbocycles. The maximum absolute atomic E-state index is 4.89. The summed E-state index contributed by atoms with van der Waals surface area (Å²) >= 11 is 0. The molecule has 2 aromatic heterocycles. The molecule has 4 rings (SSSR count). The Morgan fingerprint density at radius 1 is 1.26 bits per heavy atom. The zero-order valence-electron chi connectivity index (χ0n) is 18.6. The van der Waals surface area contributed by atoms with Gasteiger partial charge in [0.1, 0.15) is 17.5 Å². The van der Waals surface area contributed by atoms with E-state index < -0.39 is 0 Å². The van der Waals surface area contributed by atoms with E-state index >= 15 is 0 Å². The maximum Gasteiger partial charge on any atom is 0.191 e. The van der Waals surface area contributed by atoms with Gasteiger partial charge in [0.05, 0.1) is 18.6 Å². The van der Waals surface area contributed by atoms with Gasteiger partial charge in [-0.2, -0.15) is 5.10 Å². The zero-order chi connectivity index (χ0) is 21.1. The number of aryl methyl sites for hydroxylation is 2. The highest BCUT2D eigenvalue weighted by molar-refractivity contribution is 14.0. The Bertz CT molecular complexity index is 1060. The molecule has 1 atom stereocenters. The number of fused-ring (bicyclic) bond motifs is 2. The molecule has 9 heteroatoms. The van der Waals surface area contributed by atoms with Crippen molar-refractivity contribution in [2.75, 3.05) is 25.5 Å². The molecule has 2 N–H and O–H groups in total. The number of rotatable bonds is 5. The monoisotopic (exact) mass is 534 g/mol. The summed E-state index contributed by atoms with van der Waals surface area (Å²) in [5, 5.41) is 12.6. The molecule has 0 amide bonds. The number of nitrogens with one attached hydrogen (secondary N) is 2. The molecule has 3 aromatic rings. The predicted molar refractivity (Wildman–Crippen MR) is 136 cm³/mol. The Morgan fingerprint density at radius 3 is 2.84 bits per heavy atom. The lowest BCUT2D eigenvalue weighted by Crippen LogP contribution is -2.47. The molecule has 1 aliphatic rings. The topological polar surface area (TPSA) is 83.3 Å². The largest absolute Gasteiger partial charge is 0.363 e. The van der Waals surface area contributed by atoms with Crippen LogP contribution in [0.3, 0.4) is 0 Å². The van der Waals surface area contributed by atoms with Crippen molar-refractivity contribution < 1.29 is 0 Å². The van der Waals surface area contributed by atoms with E-state index in [9.17, 15) is 0 Å². The van der Waals surface area contributed by atoms with Crippen molar-refractivity contribution in [1.29, 1.82) is 0 Å². The van der Waals surface area contributed by atoms with Crippen LogP contribution in [0.25, 0.3) is 10.9 Å². The van der Waals surface area contributed by atoms with E-state index in [2.05, 4.69) is 51.9 Å². The van der Waals surface area contributed by atoms with Gasteiger partial charge in [0.2, 0.25) is 0 Å². The van der Waals surface area contributed by atoms with Gasteiger partial charge in [0.15, 0.2) is 5.96 Å². The molecule has 1 aliphatic heterocycles. The zero-order valence-corrected chi connectivity index (χ0v) is 20.9. The van der Waals surface area contributed by atoms with Crippen LogP contribution in [0.15, 0.2) is 35.3 Å². The summed E-state index contributed by atoms with van der Waals surface area (Å²) in [5.74, 6) is 3.69. The van der Waals surface area contributed by atoms with Crippen LogP contribution in [0.4, 0.5) is 5.82 Å². The fourth-order valence-corrected chi connectivity index (χ4v) is 3.82. The third-order valence-electron chi connectivity index (χ3n) is 5.30. The van der Waals surface area contributed by atoms with Crippen molar-refractivity contribution in [3.63, 3.8) is 0 Å². The van der Waals surface area contributed by atoms with Crippen molar-refractivity contribution in [3.05, 3.63) is 47.5 Å². The fraction of sp³-hybridized carbons (Fsp3) is 0.455. The number of para-hydroxylation sites is 1. The summed E-state index contributed by atoms with van der Waals surface area (Å²) in [5.41, 5.74) is 2.16. The lowest BCUT2D eigenvalue weighted by atomic mass is 10.1. The molecule has 0 spiro atoms. The number of hydrogen-bond donors (Lipinski definition) is 2. The Labute approximate surface area is 200 Å². The van der Waals surface area contributed by atoms with E-state index in [0.717, 1.165) is 60.3 Å². The molecule has 0 radical (unpaired) electrons. The second kappa shape index (κ2) is 10.3. The Hall–Kier alpha value is -2.43. The number of benzene rings is 1. The van der Waals surface area contributed by atoms with Crippen LogP contribution in [-0.4, -0.2) is 52.4 Å². The molecule has 3 heterocycles. The van der Waals surface area contributed by atoms with Crippen LogP contribution in [-0.2, 0) is 19.5 Å². The summed E-state index contributed by atoms with van der Waals surface area (Å²) in [7, 11) is 4.03. The SMILES string of the molecule is CCNC(=NCc1cc(N(C)C)nc2ccccc12)NC1CCc2nc(C)nn2C1.I. The first kappa shape index (κ1) is 23.2. The molecule has 0 bridgehead atoms. The summed E-state index contributed by atoms with van der Waals surface area (Å²) in [6.45, 7) is 6.23. The minimum Gasteiger partial charge on any atom is -0.363 e. The molecule has 0 saturated heterocycles. The molecular weight excluding hydrogens is 503 g/mol. The van der Waals surface area contributed by atoms with Crippen molar-refractivity contribution in [2.45, 2.75) is 45.8 Å². The van der Waals surface area contributed by atoms with E-state index in [-0.39, 0.29) is 30.0 Å². The van der Waals surface area contributed by atoms with Crippen LogP contribution < -0.4 is 15.5 Å². The number of halogens is 1.